The molecule has 152 valence electrons. The van der Waals surface area contributed by atoms with E-state index in [0.717, 1.165) is 25.3 Å². The second kappa shape index (κ2) is 9.31. The number of hydrogen-bond donors (Lipinski definition) is 1. The van der Waals surface area contributed by atoms with Gasteiger partial charge in [0.1, 0.15) is 0 Å². The van der Waals surface area contributed by atoms with E-state index >= 15 is 0 Å². The Bertz CT molecular complexity index is 841. The number of amides is 2. The highest BCUT2D eigenvalue weighted by molar-refractivity contribution is 7.89. The molecule has 0 saturated carbocycles. The van der Waals surface area contributed by atoms with Crippen molar-refractivity contribution in [1.29, 1.82) is 0 Å². The van der Waals surface area contributed by atoms with Gasteiger partial charge >= 0.3 is 0 Å². The van der Waals surface area contributed by atoms with E-state index in [2.05, 4.69) is 5.32 Å². The van der Waals surface area contributed by atoms with Gasteiger partial charge < -0.3 is 15.0 Å². The van der Waals surface area contributed by atoms with Crippen molar-refractivity contribution < 1.29 is 22.7 Å². The van der Waals surface area contributed by atoms with E-state index in [-0.39, 0.29) is 10.8 Å². The van der Waals surface area contributed by atoms with Crippen molar-refractivity contribution in [2.75, 3.05) is 44.7 Å². The van der Waals surface area contributed by atoms with E-state index in [1.54, 1.807) is 17.0 Å². The van der Waals surface area contributed by atoms with Gasteiger partial charge in [-0.05, 0) is 31.0 Å². The molecule has 2 saturated heterocycles. The highest BCUT2D eigenvalue weighted by Gasteiger charge is 2.26. The molecule has 28 heavy (non-hydrogen) atoms. The minimum Gasteiger partial charge on any atom is -0.378 e. The number of nitrogens with zero attached hydrogens (tertiary/aromatic N) is 2. The molecule has 2 aliphatic heterocycles. The number of nitrogens with one attached hydrogen (secondary N) is 1. The first-order valence-electron chi connectivity index (χ1n) is 9.43. The van der Waals surface area contributed by atoms with Gasteiger partial charge in [0.2, 0.25) is 21.8 Å². The van der Waals surface area contributed by atoms with Gasteiger partial charge in [-0.25, -0.2) is 8.42 Å². The zero-order valence-electron chi connectivity index (χ0n) is 15.7. The quantitative estimate of drug-likeness (QED) is 0.741. The fraction of sp³-hybridized carbons (Fsp3) is 0.474. The molecule has 0 aliphatic carbocycles. The zero-order chi connectivity index (χ0) is 20.0. The molecule has 2 aliphatic rings. The Balaban J connectivity index is 1.62. The number of carbonyl (C=O) groups excluding carboxylic acids is 2. The van der Waals surface area contributed by atoms with Crippen LogP contribution in [0.15, 0.2) is 41.3 Å². The van der Waals surface area contributed by atoms with Crippen molar-refractivity contribution in [2.24, 2.45) is 0 Å². The molecule has 9 heteroatoms. The highest BCUT2D eigenvalue weighted by Crippen LogP contribution is 2.22. The fourth-order valence-corrected chi connectivity index (χ4v) is 4.77. The van der Waals surface area contributed by atoms with Crippen LogP contribution < -0.4 is 5.32 Å². The summed E-state index contributed by atoms with van der Waals surface area (Å²) in [5.41, 5.74) is 0.367. The largest absolute Gasteiger partial charge is 0.378 e. The molecular weight excluding hydrogens is 382 g/mol. The lowest BCUT2D eigenvalue weighted by molar-refractivity contribution is -0.130. The minimum absolute atomic E-state index is 0.153. The molecule has 0 radical (unpaired) electrons. The topological polar surface area (TPSA) is 96.0 Å². The SMILES string of the molecule is O=C(C=CC(=O)N1CCOCC1)Nc1cccc(S(=O)(=O)N2CCCCC2)c1. The number of carbonyl (C=O) groups is 2. The Kier molecular flexibility index (Phi) is 6.82. The third-order valence-electron chi connectivity index (χ3n) is 4.75. The van der Waals surface area contributed by atoms with Crippen LogP contribution in [0.5, 0.6) is 0 Å². The lowest BCUT2D eigenvalue weighted by Crippen LogP contribution is -2.39. The van der Waals surface area contributed by atoms with E-state index in [1.165, 1.54) is 22.5 Å². The number of ether oxygens (including phenoxy) is 1. The van der Waals surface area contributed by atoms with Crippen molar-refractivity contribution in [3.8, 4) is 0 Å². The number of hydrogen-bond acceptors (Lipinski definition) is 5. The lowest BCUT2D eigenvalue weighted by Gasteiger charge is -2.26. The van der Waals surface area contributed by atoms with Crippen LogP contribution in [0, 0.1) is 0 Å². The van der Waals surface area contributed by atoms with E-state index in [0.29, 0.717) is 45.1 Å². The predicted octanol–water partition coefficient (Wildman–Crippen LogP) is 1.21. The van der Waals surface area contributed by atoms with Gasteiger partial charge in [0.05, 0.1) is 18.1 Å². The Morgan fingerprint density at radius 2 is 1.71 bits per heavy atom. The Morgan fingerprint density at radius 3 is 2.43 bits per heavy atom. The van der Waals surface area contributed by atoms with Gasteiger partial charge in [-0.2, -0.15) is 4.31 Å². The van der Waals surface area contributed by atoms with E-state index < -0.39 is 15.9 Å². The fourth-order valence-electron chi connectivity index (χ4n) is 3.21. The molecule has 2 fully saturated rings. The van der Waals surface area contributed by atoms with Crippen LogP contribution in [0.1, 0.15) is 19.3 Å². The molecular formula is C19H25N3O5S. The minimum atomic E-state index is -3.57. The van der Waals surface area contributed by atoms with Crippen molar-refractivity contribution in [1.82, 2.24) is 9.21 Å². The Labute approximate surface area is 165 Å². The molecule has 1 N–H and O–H groups in total. The number of benzene rings is 1. The second-order valence-corrected chi connectivity index (χ2v) is 8.69. The number of anilines is 1. The normalized spacial score (nSPS) is 18.9. The van der Waals surface area contributed by atoms with Crippen molar-refractivity contribution in [3.05, 3.63) is 36.4 Å². The first-order chi connectivity index (χ1) is 13.5. The molecule has 1 aromatic rings. The molecule has 0 aromatic heterocycles. The van der Waals surface area contributed by atoms with Crippen LogP contribution in [-0.2, 0) is 24.3 Å². The molecule has 0 atom stereocenters. The number of piperidine rings is 1. The summed E-state index contributed by atoms with van der Waals surface area (Å²) in [6, 6.07) is 6.18. The maximum Gasteiger partial charge on any atom is 0.248 e. The number of sulfonamides is 1. The highest BCUT2D eigenvalue weighted by atomic mass is 32.2. The first kappa shape index (κ1) is 20.5. The maximum atomic E-state index is 12.8. The van der Waals surface area contributed by atoms with Gasteiger partial charge in [0, 0.05) is 44.0 Å². The van der Waals surface area contributed by atoms with E-state index in [4.69, 9.17) is 4.74 Å². The summed E-state index contributed by atoms with van der Waals surface area (Å²) >= 11 is 0. The monoisotopic (exact) mass is 407 g/mol. The summed E-state index contributed by atoms with van der Waals surface area (Å²) in [6.45, 7) is 3.02. The first-order valence-corrected chi connectivity index (χ1v) is 10.9. The van der Waals surface area contributed by atoms with Crippen LogP contribution in [-0.4, -0.2) is 68.8 Å². The third kappa shape index (κ3) is 5.18. The second-order valence-electron chi connectivity index (χ2n) is 6.75. The van der Waals surface area contributed by atoms with Crippen LogP contribution >= 0.6 is 0 Å². The van der Waals surface area contributed by atoms with Crippen LogP contribution in [0.2, 0.25) is 0 Å². The Hall–Kier alpha value is -2.23. The summed E-state index contributed by atoms with van der Waals surface area (Å²) in [5.74, 6) is -0.742. The van der Waals surface area contributed by atoms with Gasteiger partial charge in [0.15, 0.2) is 0 Å². The summed E-state index contributed by atoms with van der Waals surface area (Å²) < 4.78 is 32.2. The smallest absolute Gasteiger partial charge is 0.248 e. The summed E-state index contributed by atoms with van der Waals surface area (Å²) in [5, 5.41) is 2.61. The lowest BCUT2D eigenvalue weighted by atomic mass is 10.2. The average molecular weight is 407 g/mol. The van der Waals surface area contributed by atoms with E-state index in [9.17, 15) is 18.0 Å². The molecule has 8 nitrogen and oxygen atoms in total. The van der Waals surface area contributed by atoms with Gasteiger partial charge in [0.25, 0.3) is 0 Å². The number of morpholine rings is 1. The van der Waals surface area contributed by atoms with Gasteiger partial charge in [-0.15, -0.1) is 0 Å². The summed E-state index contributed by atoms with van der Waals surface area (Å²) in [7, 11) is -3.57. The molecule has 1 aromatic carbocycles. The molecule has 3 rings (SSSR count). The van der Waals surface area contributed by atoms with Gasteiger partial charge in [-0.3, -0.25) is 9.59 Å². The van der Waals surface area contributed by atoms with Gasteiger partial charge in [-0.1, -0.05) is 12.5 Å². The Morgan fingerprint density at radius 1 is 1.00 bits per heavy atom. The summed E-state index contributed by atoms with van der Waals surface area (Å²) in [4.78, 5) is 25.9. The molecule has 0 spiro atoms. The van der Waals surface area contributed by atoms with Crippen molar-refractivity contribution >= 4 is 27.5 Å². The standard InChI is InChI=1S/C19H25N3O5S/c23-18(7-8-19(24)21-11-13-27-14-12-21)20-16-5-4-6-17(15-16)28(25,26)22-9-2-1-3-10-22/h4-8,15H,1-3,9-14H2,(H,20,23). The van der Waals surface area contributed by atoms with Crippen molar-refractivity contribution in [2.45, 2.75) is 24.2 Å². The molecule has 0 bridgehead atoms. The molecule has 2 amide bonds. The molecule has 0 unspecified atom stereocenters. The average Bonchev–Trinajstić information content (AvgIpc) is 2.73. The number of rotatable bonds is 5. The van der Waals surface area contributed by atoms with Crippen molar-refractivity contribution in [3.63, 3.8) is 0 Å². The van der Waals surface area contributed by atoms with E-state index in [1.807, 2.05) is 0 Å². The predicted molar refractivity (Wildman–Crippen MR) is 104 cm³/mol. The van der Waals surface area contributed by atoms with Crippen LogP contribution in [0.3, 0.4) is 0 Å². The third-order valence-corrected chi connectivity index (χ3v) is 6.65. The maximum absolute atomic E-state index is 12.8. The van der Waals surface area contributed by atoms with Crippen LogP contribution in [0.25, 0.3) is 0 Å². The zero-order valence-corrected chi connectivity index (χ0v) is 16.5. The van der Waals surface area contributed by atoms with Crippen LogP contribution in [0.4, 0.5) is 5.69 Å². The summed E-state index contributed by atoms with van der Waals surface area (Å²) in [6.07, 6.45) is 5.13. The molecule has 2 heterocycles.